The van der Waals surface area contributed by atoms with Crippen LogP contribution in [0.2, 0.25) is 10.0 Å². The van der Waals surface area contributed by atoms with E-state index < -0.39 is 5.82 Å². The molecule has 3 aromatic rings. The zero-order valence-electron chi connectivity index (χ0n) is 15.3. The van der Waals surface area contributed by atoms with Gasteiger partial charge < -0.3 is 5.32 Å². The van der Waals surface area contributed by atoms with Crippen molar-refractivity contribution in [3.8, 4) is 0 Å². The second kappa shape index (κ2) is 9.03. The summed E-state index contributed by atoms with van der Waals surface area (Å²) >= 11 is 12.0. The van der Waals surface area contributed by atoms with Gasteiger partial charge >= 0.3 is 0 Å². The number of rotatable bonds is 5. The minimum absolute atomic E-state index is 0.0263. The van der Waals surface area contributed by atoms with Crippen LogP contribution in [0.25, 0.3) is 0 Å². The van der Waals surface area contributed by atoms with Gasteiger partial charge in [0.2, 0.25) is 11.8 Å². The summed E-state index contributed by atoms with van der Waals surface area (Å²) in [7, 11) is 0. The van der Waals surface area contributed by atoms with E-state index in [0.717, 1.165) is 6.07 Å². The third-order valence-electron chi connectivity index (χ3n) is 4.01. The lowest BCUT2D eigenvalue weighted by molar-refractivity contribution is -0.116. The van der Waals surface area contributed by atoms with Crippen LogP contribution in [0.4, 0.5) is 21.6 Å². The maximum atomic E-state index is 13.1. The second-order valence-corrected chi connectivity index (χ2v) is 7.04. The quantitative estimate of drug-likeness (QED) is 0.588. The van der Waals surface area contributed by atoms with Crippen LogP contribution in [0.5, 0.6) is 0 Å². The molecule has 29 heavy (non-hydrogen) atoms. The van der Waals surface area contributed by atoms with Gasteiger partial charge in [-0.25, -0.2) is 9.37 Å². The van der Waals surface area contributed by atoms with Crippen molar-refractivity contribution < 1.29 is 14.0 Å². The maximum Gasteiger partial charge on any atom is 0.229 e. The summed E-state index contributed by atoms with van der Waals surface area (Å²) < 4.78 is 13.1. The Labute approximate surface area is 177 Å². The Morgan fingerprint density at radius 1 is 1.10 bits per heavy atom. The van der Waals surface area contributed by atoms with Gasteiger partial charge in [-0.05, 0) is 42.0 Å². The molecule has 1 aromatic heterocycles. The summed E-state index contributed by atoms with van der Waals surface area (Å²) in [5, 5.41) is 3.39. The van der Waals surface area contributed by atoms with Crippen molar-refractivity contribution in [1.29, 1.82) is 0 Å². The molecule has 2 amide bonds. The first-order valence-electron chi connectivity index (χ1n) is 8.59. The van der Waals surface area contributed by atoms with Crippen LogP contribution in [-0.2, 0) is 16.0 Å². The molecule has 148 valence electrons. The lowest BCUT2D eigenvalue weighted by Crippen LogP contribution is -2.24. The molecule has 3 rings (SSSR count). The Hall–Kier alpha value is -2.96. The monoisotopic (exact) mass is 431 g/mol. The summed E-state index contributed by atoms with van der Waals surface area (Å²) in [6.07, 6.45) is 1.46. The minimum atomic E-state index is -0.469. The number of carbonyl (C=O) groups is 2. The summed E-state index contributed by atoms with van der Waals surface area (Å²) in [5.74, 6) is -0.741. The molecule has 0 saturated carbocycles. The van der Waals surface area contributed by atoms with E-state index in [2.05, 4.69) is 10.3 Å². The molecule has 2 aromatic carbocycles. The molecule has 0 aliphatic rings. The van der Waals surface area contributed by atoms with Gasteiger partial charge in [-0.2, -0.15) is 0 Å². The number of nitrogens with zero attached hydrogens (tertiary/aromatic N) is 2. The number of anilines is 3. The Morgan fingerprint density at radius 2 is 1.90 bits per heavy atom. The molecule has 0 fully saturated rings. The maximum absolute atomic E-state index is 13.1. The van der Waals surface area contributed by atoms with E-state index >= 15 is 0 Å². The molecule has 0 aliphatic heterocycles. The van der Waals surface area contributed by atoms with Crippen LogP contribution < -0.4 is 10.2 Å². The molecule has 1 N–H and O–H groups in total. The normalized spacial score (nSPS) is 10.5. The number of hydrogen-bond acceptors (Lipinski definition) is 3. The highest BCUT2D eigenvalue weighted by Crippen LogP contribution is 2.28. The fraction of sp³-hybridized carbons (Fsp3) is 0.0952. The Morgan fingerprint density at radius 3 is 2.59 bits per heavy atom. The minimum Gasteiger partial charge on any atom is -0.326 e. The second-order valence-electron chi connectivity index (χ2n) is 6.20. The van der Waals surface area contributed by atoms with Crippen LogP contribution in [-0.4, -0.2) is 16.8 Å². The zero-order valence-corrected chi connectivity index (χ0v) is 16.8. The lowest BCUT2D eigenvalue weighted by atomic mass is 10.1. The molecular formula is C21H16Cl2FN3O2. The van der Waals surface area contributed by atoms with E-state index in [1.807, 2.05) is 0 Å². The topological polar surface area (TPSA) is 62.3 Å². The number of benzene rings is 2. The summed E-state index contributed by atoms with van der Waals surface area (Å²) in [4.78, 5) is 30.2. The fourth-order valence-electron chi connectivity index (χ4n) is 2.75. The molecule has 0 bridgehead atoms. The highest BCUT2D eigenvalue weighted by atomic mass is 35.5. The van der Waals surface area contributed by atoms with Crippen molar-refractivity contribution in [2.24, 2.45) is 0 Å². The summed E-state index contributed by atoms with van der Waals surface area (Å²) in [6.45, 7) is 1.41. The Kier molecular flexibility index (Phi) is 6.46. The van der Waals surface area contributed by atoms with Gasteiger partial charge in [0.25, 0.3) is 0 Å². The molecule has 0 atom stereocenters. The number of hydrogen-bond donors (Lipinski definition) is 1. The van der Waals surface area contributed by atoms with Crippen LogP contribution >= 0.6 is 23.2 Å². The number of nitrogens with one attached hydrogen (secondary N) is 1. The molecule has 0 spiro atoms. The van der Waals surface area contributed by atoms with E-state index in [-0.39, 0.29) is 23.3 Å². The van der Waals surface area contributed by atoms with Gasteiger partial charge in [0.1, 0.15) is 11.6 Å². The first-order valence-corrected chi connectivity index (χ1v) is 9.35. The van der Waals surface area contributed by atoms with E-state index in [4.69, 9.17) is 23.2 Å². The highest BCUT2D eigenvalue weighted by molar-refractivity contribution is 6.31. The van der Waals surface area contributed by atoms with E-state index in [9.17, 15) is 14.0 Å². The molecule has 0 aliphatic carbocycles. The molecule has 8 heteroatoms. The fourth-order valence-corrected chi connectivity index (χ4v) is 3.17. The third-order valence-corrected chi connectivity index (χ3v) is 4.59. The van der Waals surface area contributed by atoms with Crippen molar-refractivity contribution in [2.75, 3.05) is 10.2 Å². The van der Waals surface area contributed by atoms with Crippen LogP contribution in [0, 0.1) is 5.82 Å². The third kappa shape index (κ3) is 5.31. The van der Waals surface area contributed by atoms with Gasteiger partial charge in [0.05, 0.1) is 12.1 Å². The van der Waals surface area contributed by atoms with Gasteiger partial charge in [0, 0.05) is 34.9 Å². The first-order chi connectivity index (χ1) is 13.8. The van der Waals surface area contributed by atoms with Gasteiger partial charge in [-0.3, -0.25) is 14.5 Å². The van der Waals surface area contributed by atoms with Gasteiger partial charge in [-0.15, -0.1) is 0 Å². The van der Waals surface area contributed by atoms with Crippen molar-refractivity contribution in [3.63, 3.8) is 0 Å². The van der Waals surface area contributed by atoms with Crippen molar-refractivity contribution in [2.45, 2.75) is 13.3 Å². The summed E-state index contributed by atoms with van der Waals surface area (Å²) in [6, 6.07) is 13.9. The largest absolute Gasteiger partial charge is 0.326 e. The molecule has 1 heterocycles. The van der Waals surface area contributed by atoms with Crippen molar-refractivity contribution in [1.82, 2.24) is 4.98 Å². The Balaban J connectivity index is 1.81. The molecule has 0 saturated heterocycles. The predicted molar refractivity (Wildman–Crippen MR) is 112 cm³/mol. The molecule has 0 unspecified atom stereocenters. The number of pyridine rings is 1. The standard InChI is InChI=1S/C21H16Cl2FN3O2/c1-13(28)27(18-4-2-3-15(22)10-18)20-12-17(7-8-25-20)26-21(29)9-14-5-6-16(24)11-19(14)23/h2-8,10-12H,9H2,1H3,(H,25,26,29). The zero-order chi connectivity index (χ0) is 21.0. The summed E-state index contributed by atoms with van der Waals surface area (Å²) in [5.41, 5.74) is 1.51. The number of aromatic nitrogens is 1. The number of halogens is 3. The first kappa shape index (κ1) is 20.8. The van der Waals surface area contributed by atoms with E-state index in [1.165, 1.54) is 30.2 Å². The van der Waals surface area contributed by atoms with E-state index in [1.54, 1.807) is 36.4 Å². The van der Waals surface area contributed by atoms with Gasteiger partial charge in [0.15, 0.2) is 0 Å². The lowest BCUT2D eigenvalue weighted by Gasteiger charge is -2.21. The average molecular weight is 432 g/mol. The molecule has 0 radical (unpaired) electrons. The van der Waals surface area contributed by atoms with Crippen LogP contribution in [0.15, 0.2) is 60.8 Å². The Bertz CT molecular complexity index is 1080. The van der Waals surface area contributed by atoms with Crippen LogP contribution in [0.1, 0.15) is 12.5 Å². The van der Waals surface area contributed by atoms with Crippen LogP contribution in [0.3, 0.4) is 0 Å². The van der Waals surface area contributed by atoms with Gasteiger partial charge in [-0.1, -0.05) is 35.3 Å². The predicted octanol–water partition coefficient (Wildman–Crippen LogP) is 5.39. The number of amides is 2. The van der Waals surface area contributed by atoms with E-state index in [0.29, 0.717) is 27.8 Å². The highest BCUT2D eigenvalue weighted by Gasteiger charge is 2.17. The number of carbonyl (C=O) groups excluding carboxylic acids is 2. The molecule has 5 nitrogen and oxygen atoms in total. The average Bonchev–Trinajstić information content (AvgIpc) is 2.64. The molecular weight excluding hydrogens is 416 g/mol. The van der Waals surface area contributed by atoms with Crippen molar-refractivity contribution >= 4 is 52.2 Å². The SMILES string of the molecule is CC(=O)N(c1cccc(Cl)c1)c1cc(NC(=O)Cc2ccc(F)cc2Cl)ccn1. The smallest absolute Gasteiger partial charge is 0.229 e. The van der Waals surface area contributed by atoms with Crippen molar-refractivity contribution in [3.05, 3.63) is 82.2 Å².